The molecule has 0 amide bonds. The first kappa shape index (κ1) is 21.5. The third kappa shape index (κ3) is 2.97. The number of carbonyl (C=O) groups excluding carboxylic acids is 1. The molecule has 0 saturated carbocycles. The molecular weight excluding hydrogens is 373 g/mol. The number of hydrogen-bond acceptors (Lipinski definition) is 2. The average molecular weight is 375 g/mol. The fourth-order valence-electron chi connectivity index (χ4n) is 1.03. The minimum Gasteiger partial charge on any atom is -0.211 e. The Kier molecular flexibility index (Phi) is 5.16. The Labute approximate surface area is 117 Å². The summed E-state index contributed by atoms with van der Waals surface area (Å²) in [6.07, 6.45) is -7.31. The van der Waals surface area contributed by atoms with Crippen LogP contribution in [0, 0.1) is 0 Å². The van der Waals surface area contributed by atoms with Gasteiger partial charge in [0.05, 0.1) is 0 Å². The molecule has 0 bridgehead atoms. The molecule has 0 aromatic carbocycles. The summed E-state index contributed by atoms with van der Waals surface area (Å²) < 4.78 is 162. The third-order valence-electron chi connectivity index (χ3n) is 2.34. The van der Waals surface area contributed by atoms with E-state index in [0.29, 0.717) is 0 Å². The molecule has 0 aliphatic rings. The van der Waals surface area contributed by atoms with Crippen molar-refractivity contribution in [1.82, 2.24) is 0 Å². The van der Waals surface area contributed by atoms with E-state index < -0.39 is 42.3 Å². The van der Waals surface area contributed by atoms with Crippen LogP contribution in [-0.4, -0.2) is 48.4 Å². The Morgan fingerprint density at radius 3 is 1.26 bits per heavy atom. The van der Waals surface area contributed by atoms with Crippen LogP contribution < -0.4 is 0 Å². The van der Waals surface area contributed by atoms with E-state index in [2.05, 4.69) is 0 Å². The highest BCUT2D eigenvalue weighted by atomic mass is 19.4. The first-order chi connectivity index (χ1) is 9.81. The number of rotatable bonds is 6. The molecule has 0 N–H and O–H groups in total. The van der Waals surface area contributed by atoms with Crippen LogP contribution in [0.5, 0.6) is 0 Å². The Morgan fingerprint density at radius 1 is 0.609 bits per heavy atom. The fraction of sp³-hybridized carbons (Fsp3) is 0.875. The molecular formula is C8H2F13NO. The summed E-state index contributed by atoms with van der Waals surface area (Å²) in [4.78, 5) is 11.1. The van der Waals surface area contributed by atoms with E-state index in [0.717, 1.165) is 0 Å². The number of aliphatic imine (C=N–C) groups is 1. The van der Waals surface area contributed by atoms with Crippen molar-refractivity contribution in [3.05, 3.63) is 0 Å². The Hall–Kier alpha value is -1.53. The van der Waals surface area contributed by atoms with Crippen molar-refractivity contribution in [2.75, 3.05) is 6.54 Å². The molecule has 0 aliphatic heterocycles. The van der Waals surface area contributed by atoms with Crippen molar-refractivity contribution >= 4 is 6.08 Å². The summed E-state index contributed by atoms with van der Waals surface area (Å²) >= 11 is 0. The van der Waals surface area contributed by atoms with E-state index in [9.17, 15) is 61.9 Å². The Morgan fingerprint density at radius 2 is 0.957 bits per heavy atom. The number of halogens is 13. The highest BCUT2D eigenvalue weighted by Crippen LogP contribution is 2.60. The Bertz CT molecular complexity index is 487. The quantitative estimate of drug-likeness (QED) is 0.391. The lowest BCUT2D eigenvalue weighted by Crippen LogP contribution is -2.70. The molecule has 0 radical (unpaired) electrons. The maximum atomic E-state index is 12.8. The van der Waals surface area contributed by atoms with Gasteiger partial charge >= 0.3 is 35.8 Å². The standard InChI is InChI=1S/C8H2F13NO/c9-3(10,1-22-2-23)4(11,12)5(13,14)6(15,16)7(17,18)8(19,20)21/h1H2. The van der Waals surface area contributed by atoms with Gasteiger partial charge in [0, 0.05) is 0 Å². The van der Waals surface area contributed by atoms with Crippen LogP contribution in [0.4, 0.5) is 57.1 Å². The first-order valence-electron chi connectivity index (χ1n) is 4.80. The fourth-order valence-corrected chi connectivity index (χ4v) is 1.03. The molecule has 0 aliphatic carbocycles. The highest BCUT2D eigenvalue weighted by molar-refractivity contribution is 5.33. The van der Waals surface area contributed by atoms with Crippen LogP contribution in [0.1, 0.15) is 0 Å². The lowest BCUT2D eigenvalue weighted by molar-refractivity contribution is -0.438. The maximum absolute atomic E-state index is 12.8. The van der Waals surface area contributed by atoms with Gasteiger partial charge in [-0.2, -0.15) is 62.1 Å². The van der Waals surface area contributed by atoms with E-state index in [1.54, 1.807) is 4.99 Å². The summed E-state index contributed by atoms with van der Waals surface area (Å²) in [5.74, 6) is -37.4. The van der Waals surface area contributed by atoms with Crippen LogP contribution in [-0.2, 0) is 4.79 Å². The van der Waals surface area contributed by atoms with E-state index in [1.807, 2.05) is 0 Å². The van der Waals surface area contributed by atoms with Crippen LogP contribution in [0.3, 0.4) is 0 Å². The zero-order valence-corrected chi connectivity index (χ0v) is 9.98. The van der Waals surface area contributed by atoms with Crippen LogP contribution in [0.15, 0.2) is 4.99 Å². The second kappa shape index (κ2) is 5.53. The number of isocyanates is 1. The van der Waals surface area contributed by atoms with Gasteiger partial charge in [0.2, 0.25) is 6.08 Å². The zero-order chi connectivity index (χ0) is 19.1. The lowest BCUT2D eigenvalue weighted by atomic mass is 9.94. The summed E-state index contributed by atoms with van der Waals surface area (Å²) in [7, 11) is 0. The smallest absolute Gasteiger partial charge is 0.211 e. The van der Waals surface area contributed by atoms with Crippen molar-refractivity contribution in [2.45, 2.75) is 35.8 Å². The Balaban J connectivity index is 6.18. The van der Waals surface area contributed by atoms with Gasteiger partial charge in [0.1, 0.15) is 6.54 Å². The number of alkyl halides is 13. The van der Waals surface area contributed by atoms with Crippen molar-refractivity contribution in [1.29, 1.82) is 0 Å². The van der Waals surface area contributed by atoms with Gasteiger partial charge in [-0.25, -0.2) is 4.79 Å². The highest BCUT2D eigenvalue weighted by Gasteiger charge is 2.90. The lowest BCUT2D eigenvalue weighted by Gasteiger charge is -2.39. The molecule has 0 spiro atoms. The predicted octanol–water partition coefficient (Wildman–Crippen LogP) is 4.06. The monoisotopic (exact) mass is 375 g/mol. The molecule has 15 heteroatoms. The third-order valence-corrected chi connectivity index (χ3v) is 2.34. The van der Waals surface area contributed by atoms with Gasteiger partial charge in [0.25, 0.3) is 0 Å². The van der Waals surface area contributed by atoms with Gasteiger partial charge in [-0.05, 0) is 0 Å². The molecule has 0 aromatic rings. The summed E-state index contributed by atoms with van der Waals surface area (Å²) in [5.41, 5.74) is 0. The second-order valence-electron chi connectivity index (χ2n) is 3.91. The van der Waals surface area contributed by atoms with Crippen molar-refractivity contribution in [2.24, 2.45) is 4.99 Å². The van der Waals surface area contributed by atoms with Crippen LogP contribution >= 0.6 is 0 Å². The minimum absolute atomic E-state index is 0.142. The van der Waals surface area contributed by atoms with E-state index in [4.69, 9.17) is 0 Å². The summed E-state index contributed by atoms with van der Waals surface area (Å²) in [6.45, 7) is -2.91. The van der Waals surface area contributed by atoms with Crippen molar-refractivity contribution < 1.29 is 61.9 Å². The normalized spacial score (nSPS) is 15.3. The molecule has 0 heterocycles. The summed E-state index contributed by atoms with van der Waals surface area (Å²) in [6, 6.07) is 0. The predicted molar refractivity (Wildman–Crippen MR) is 43.8 cm³/mol. The molecule has 0 unspecified atom stereocenters. The van der Waals surface area contributed by atoms with Gasteiger partial charge in [0.15, 0.2) is 0 Å². The SMILES string of the molecule is O=C=NCC(F)(F)C(F)(F)C(F)(F)C(F)(F)C(F)(F)C(F)(F)F. The van der Waals surface area contributed by atoms with Crippen molar-refractivity contribution in [3.63, 3.8) is 0 Å². The average Bonchev–Trinajstić information content (AvgIpc) is 2.34. The molecule has 0 saturated heterocycles. The molecule has 2 nitrogen and oxygen atoms in total. The number of nitrogens with zero attached hydrogens (tertiary/aromatic N) is 1. The largest absolute Gasteiger partial charge is 0.460 e. The maximum Gasteiger partial charge on any atom is 0.460 e. The van der Waals surface area contributed by atoms with E-state index in [-0.39, 0.29) is 6.08 Å². The molecule has 0 atom stereocenters. The molecule has 0 rings (SSSR count). The topological polar surface area (TPSA) is 29.4 Å². The van der Waals surface area contributed by atoms with Crippen molar-refractivity contribution in [3.8, 4) is 0 Å². The molecule has 0 fully saturated rings. The van der Waals surface area contributed by atoms with Crippen LogP contribution in [0.25, 0.3) is 0 Å². The number of hydrogen-bond donors (Lipinski definition) is 0. The first-order valence-corrected chi connectivity index (χ1v) is 4.80. The van der Waals surface area contributed by atoms with Gasteiger partial charge in [-0.15, -0.1) is 0 Å². The van der Waals surface area contributed by atoms with E-state index in [1.165, 1.54) is 0 Å². The van der Waals surface area contributed by atoms with Crippen LogP contribution in [0.2, 0.25) is 0 Å². The second-order valence-corrected chi connectivity index (χ2v) is 3.91. The van der Waals surface area contributed by atoms with Gasteiger partial charge < -0.3 is 0 Å². The summed E-state index contributed by atoms with van der Waals surface area (Å²) in [5, 5.41) is 0. The van der Waals surface area contributed by atoms with E-state index >= 15 is 0 Å². The molecule has 0 aromatic heterocycles. The van der Waals surface area contributed by atoms with Gasteiger partial charge in [-0.3, -0.25) is 0 Å². The molecule has 23 heavy (non-hydrogen) atoms. The van der Waals surface area contributed by atoms with Gasteiger partial charge in [-0.1, -0.05) is 0 Å². The molecule has 136 valence electrons. The zero-order valence-electron chi connectivity index (χ0n) is 9.98. The minimum atomic E-state index is -7.95.